The second-order valence-corrected chi connectivity index (χ2v) is 8.94. The van der Waals surface area contributed by atoms with Crippen molar-refractivity contribution < 1.29 is 19.0 Å². The molecule has 184 valence electrons. The van der Waals surface area contributed by atoms with Crippen LogP contribution in [0.2, 0.25) is 0 Å². The van der Waals surface area contributed by atoms with Crippen molar-refractivity contribution >= 4 is 23.4 Å². The summed E-state index contributed by atoms with van der Waals surface area (Å²) in [6, 6.07) is 13.1. The highest BCUT2D eigenvalue weighted by molar-refractivity contribution is 7.99. The first-order valence-electron chi connectivity index (χ1n) is 11.1. The van der Waals surface area contributed by atoms with E-state index in [1.807, 2.05) is 24.3 Å². The number of benzene rings is 2. The van der Waals surface area contributed by atoms with Crippen LogP contribution in [0.15, 0.2) is 52.4 Å². The summed E-state index contributed by atoms with van der Waals surface area (Å²) in [5.74, 6) is 1.81. The van der Waals surface area contributed by atoms with Crippen molar-refractivity contribution in [1.29, 1.82) is 0 Å². The summed E-state index contributed by atoms with van der Waals surface area (Å²) in [6.07, 6.45) is 0.662. The number of aromatic nitrogens is 2. The van der Waals surface area contributed by atoms with E-state index >= 15 is 0 Å². The van der Waals surface area contributed by atoms with E-state index < -0.39 is 0 Å². The Morgan fingerprint density at radius 1 is 1.11 bits per heavy atom. The SMILES string of the molecule is COc1ccc(OC)c(NC(=O)CSc2nc3c(c(=O)[nH]2)CN(Cc2ccccc2OC)CC3)c1. The third kappa shape index (κ3) is 5.95. The Balaban J connectivity index is 1.39. The average Bonchev–Trinajstić information content (AvgIpc) is 2.88. The number of nitrogens with zero attached hydrogens (tertiary/aromatic N) is 2. The van der Waals surface area contributed by atoms with Gasteiger partial charge in [-0.15, -0.1) is 0 Å². The average molecular weight is 497 g/mol. The van der Waals surface area contributed by atoms with Gasteiger partial charge in [0, 0.05) is 37.7 Å². The number of fused-ring (bicyclic) bond motifs is 1. The molecule has 1 aliphatic rings. The monoisotopic (exact) mass is 496 g/mol. The number of aromatic amines is 1. The molecule has 0 fully saturated rings. The number of carbonyl (C=O) groups is 1. The van der Waals surface area contributed by atoms with Crippen molar-refractivity contribution in [3.05, 3.63) is 69.6 Å². The first-order chi connectivity index (χ1) is 17.0. The summed E-state index contributed by atoms with van der Waals surface area (Å²) in [5.41, 5.74) is 2.87. The lowest BCUT2D eigenvalue weighted by molar-refractivity contribution is -0.113. The smallest absolute Gasteiger partial charge is 0.256 e. The number of nitrogens with one attached hydrogen (secondary N) is 2. The lowest BCUT2D eigenvalue weighted by Crippen LogP contribution is -2.35. The Labute approximate surface area is 207 Å². The molecule has 0 saturated carbocycles. The van der Waals surface area contributed by atoms with E-state index in [1.54, 1.807) is 32.4 Å². The van der Waals surface area contributed by atoms with Crippen molar-refractivity contribution in [2.24, 2.45) is 0 Å². The summed E-state index contributed by atoms with van der Waals surface area (Å²) in [4.78, 5) is 35.0. The number of amides is 1. The van der Waals surface area contributed by atoms with E-state index in [0.29, 0.717) is 47.4 Å². The van der Waals surface area contributed by atoms with Crippen LogP contribution in [-0.2, 0) is 24.3 Å². The van der Waals surface area contributed by atoms with Gasteiger partial charge in [0.2, 0.25) is 5.91 Å². The molecule has 2 aromatic carbocycles. The topological polar surface area (TPSA) is 106 Å². The van der Waals surface area contributed by atoms with Gasteiger partial charge in [-0.3, -0.25) is 14.5 Å². The van der Waals surface area contributed by atoms with E-state index in [1.165, 1.54) is 18.9 Å². The normalized spacial score (nSPS) is 13.1. The first-order valence-corrected chi connectivity index (χ1v) is 12.1. The van der Waals surface area contributed by atoms with E-state index in [9.17, 15) is 9.59 Å². The van der Waals surface area contributed by atoms with Crippen LogP contribution < -0.4 is 25.1 Å². The molecule has 0 saturated heterocycles. The van der Waals surface area contributed by atoms with Crippen LogP contribution in [-0.4, -0.2) is 54.4 Å². The maximum absolute atomic E-state index is 12.8. The number of thioether (sulfide) groups is 1. The van der Waals surface area contributed by atoms with Crippen molar-refractivity contribution in [2.75, 3.05) is 38.9 Å². The number of carbonyl (C=O) groups excluding carboxylic acids is 1. The molecule has 2 heterocycles. The maximum atomic E-state index is 12.8. The molecule has 1 amide bonds. The molecule has 4 rings (SSSR count). The van der Waals surface area contributed by atoms with Crippen molar-refractivity contribution in [3.63, 3.8) is 0 Å². The molecule has 3 aromatic rings. The molecule has 35 heavy (non-hydrogen) atoms. The predicted molar refractivity (Wildman–Crippen MR) is 135 cm³/mol. The van der Waals surface area contributed by atoms with Crippen LogP contribution in [0.3, 0.4) is 0 Å². The molecule has 0 aliphatic carbocycles. The Bertz CT molecular complexity index is 1260. The summed E-state index contributed by atoms with van der Waals surface area (Å²) in [6.45, 7) is 1.98. The Hall–Kier alpha value is -3.50. The molecule has 10 heteroatoms. The van der Waals surface area contributed by atoms with Gasteiger partial charge < -0.3 is 24.5 Å². The molecule has 0 spiro atoms. The zero-order valence-electron chi connectivity index (χ0n) is 19.9. The Morgan fingerprint density at radius 2 is 1.91 bits per heavy atom. The second kappa shape index (κ2) is 11.3. The highest BCUT2D eigenvalue weighted by Gasteiger charge is 2.22. The minimum Gasteiger partial charge on any atom is -0.497 e. The number of anilines is 1. The van der Waals surface area contributed by atoms with Gasteiger partial charge in [0.15, 0.2) is 5.16 Å². The fraction of sp³-hybridized carbons (Fsp3) is 0.320. The van der Waals surface area contributed by atoms with Gasteiger partial charge >= 0.3 is 0 Å². The van der Waals surface area contributed by atoms with E-state index in [4.69, 9.17) is 14.2 Å². The van der Waals surface area contributed by atoms with Gasteiger partial charge in [-0.25, -0.2) is 4.98 Å². The van der Waals surface area contributed by atoms with Gasteiger partial charge in [-0.05, 0) is 18.2 Å². The van der Waals surface area contributed by atoms with Gasteiger partial charge in [0.25, 0.3) is 5.56 Å². The lowest BCUT2D eigenvalue weighted by atomic mass is 10.1. The lowest BCUT2D eigenvalue weighted by Gasteiger charge is -2.28. The third-order valence-corrected chi connectivity index (χ3v) is 6.61. The number of hydrogen-bond donors (Lipinski definition) is 2. The summed E-state index contributed by atoms with van der Waals surface area (Å²) < 4.78 is 16.0. The van der Waals surface area contributed by atoms with Crippen LogP contribution in [0.4, 0.5) is 5.69 Å². The molecular weight excluding hydrogens is 468 g/mol. The van der Waals surface area contributed by atoms with E-state index in [-0.39, 0.29) is 17.2 Å². The van der Waals surface area contributed by atoms with Crippen LogP contribution in [0, 0.1) is 0 Å². The standard InChI is InChI=1S/C25H28N4O5S/c1-32-17-8-9-22(34-3)20(12-17)26-23(30)15-35-25-27-19-10-11-29(14-18(19)24(31)28-25)13-16-6-4-5-7-21(16)33-2/h4-9,12H,10-11,13-15H2,1-3H3,(H,26,30)(H,27,28,31). The minimum absolute atomic E-state index is 0.0853. The fourth-order valence-electron chi connectivity index (χ4n) is 3.97. The molecule has 9 nitrogen and oxygen atoms in total. The third-order valence-electron chi connectivity index (χ3n) is 5.73. The van der Waals surface area contributed by atoms with E-state index in [0.717, 1.165) is 23.6 Å². The van der Waals surface area contributed by atoms with Crippen LogP contribution >= 0.6 is 11.8 Å². The predicted octanol–water partition coefficient (Wildman–Crippen LogP) is 3.08. The van der Waals surface area contributed by atoms with Crippen LogP contribution in [0.1, 0.15) is 16.8 Å². The van der Waals surface area contributed by atoms with Crippen LogP contribution in [0.25, 0.3) is 0 Å². The minimum atomic E-state index is -0.245. The molecular formula is C25H28N4O5S. The highest BCUT2D eigenvalue weighted by atomic mass is 32.2. The van der Waals surface area contributed by atoms with Gasteiger partial charge in [0.1, 0.15) is 17.2 Å². The first kappa shape index (κ1) is 24.6. The largest absolute Gasteiger partial charge is 0.497 e. The molecule has 2 N–H and O–H groups in total. The van der Waals surface area contributed by atoms with Crippen molar-refractivity contribution in [3.8, 4) is 17.2 Å². The Morgan fingerprint density at radius 3 is 2.69 bits per heavy atom. The molecule has 0 bridgehead atoms. The zero-order chi connectivity index (χ0) is 24.8. The van der Waals surface area contributed by atoms with Crippen LogP contribution in [0.5, 0.6) is 17.2 Å². The molecule has 0 radical (unpaired) electrons. The summed E-state index contributed by atoms with van der Waals surface area (Å²) >= 11 is 1.19. The molecule has 1 aromatic heterocycles. The fourth-order valence-corrected chi connectivity index (χ4v) is 4.65. The summed E-state index contributed by atoms with van der Waals surface area (Å²) in [5, 5.41) is 3.25. The number of para-hydroxylation sites is 1. The Kier molecular flexibility index (Phi) is 7.94. The van der Waals surface area contributed by atoms with Gasteiger partial charge in [0.05, 0.1) is 44.0 Å². The number of ether oxygens (including phenoxy) is 3. The number of rotatable bonds is 9. The van der Waals surface area contributed by atoms with Gasteiger partial charge in [-0.1, -0.05) is 30.0 Å². The van der Waals surface area contributed by atoms with Crippen molar-refractivity contribution in [2.45, 2.75) is 24.7 Å². The maximum Gasteiger partial charge on any atom is 0.256 e. The zero-order valence-corrected chi connectivity index (χ0v) is 20.7. The summed E-state index contributed by atoms with van der Waals surface area (Å²) in [7, 11) is 4.75. The quantitative estimate of drug-likeness (QED) is 0.344. The van der Waals surface area contributed by atoms with E-state index in [2.05, 4.69) is 20.2 Å². The number of methoxy groups -OCH3 is 3. The number of H-pyrrole nitrogens is 1. The van der Waals surface area contributed by atoms with Crippen molar-refractivity contribution in [1.82, 2.24) is 14.9 Å². The number of hydrogen-bond acceptors (Lipinski definition) is 8. The molecule has 0 unspecified atom stereocenters. The molecule has 0 atom stereocenters. The van der Waals surface area contributed by atoms with Gasteiger partial charge in [-0.2, -0.15) is 0 Å². The molecule has 1 aliphatic heterocycles. The highest BCUT2D eigenvalue weighted by Crippen LogP contribution is 2.29. The second-order valence-electron chi connectivity index (χ2n) is 7.97.